The van der Waals surface area contributed by atoms with Gasteiger partial charge >= 0.3 is 0 Å². The first-order valence-electron chi connectivity index (χ1n) is 7.71. The Hall–Kier alpha value is -1.88. The molecule has 0 spiro atoms. The number of imidazole rings is 1. The molecule has 0 atom stereocenters. The second kappa shape index (κ2) is 6.26. The molecule has 0 saturated carbocycles. The number of carbonyl (C=O) groups excluding carboxylic acids is 1. The highest BCUT2D eigenvalue weighted by molar-refractivity contribution is 5.97. The lowest BCUT2D eigenvalue weighted by Gasteiger charge is -2.29. The van der Waals surface area contributed by atoms with E-state index in [4.69, 9.17) is 0 Å². The van der Waals surface area contributed by atoms with Gasteiger partial charge in [-0.3, -0.25) is 4.79 Å². The van der Waals surface area contributed by atoms with Gasteiger partial charge in [0, 0.05) is 18.7 Å². The zero-order chi connectivity index (χ0) is 14.7. The molecule has 1 fully saturated rings. The van der Waals surface area contributed by atoms with Crippen LogP contribution in [0.5, 0.6) is 0 Å². The van der Waals surface area contributed by atoms with E-state index in [9.17, 15) is 4.79 Å². The number of benzene rings is 1. The SMILES string of the molecule is CCN(CC1CCNCC1)C(=O)c1ccc2nc[nH]c2c1. The zero-order valence-electron chi connectivity index (χ0n) is 12.4. The van der Waals surface area contributed by atoms with Gasteiger partial charge in [-0.05, 0) is 57.0 Å². The first kappa shape index (κ1) is 14.1. The van der Waals surface area contributed by atoms with E-state index < -0.39 is 0 Å². The summed E-state index contributed by atoms with van der Waals surface area (Å²) < 4.78 is 0. The molecule has 0 bridgehead atoms. The van der Waals surface area contributed by atoms with Crippen molar-refractivity contribution in [3.8, 4) is 0 Å². The third kappa shape index (κ3) is 3.08. The lowest BCUT2D eigenvalue weighted by atomic mass is 9.97. The van der Waals surface area contributed by atoms with Crippen molar-refractivity contribution in [2.75, 3.05) is 26.2 Å². The molecule has 1 aliphatic heterocycles. The maximum atomic E-state index is 12.7. The standard InChI is InChI=1S/C16H22N4O/c1-2-20(10-12-5-7-17-8-6-12)16(21)13-3-4-14-15(9-13)19-11-18-14/h3-4,9,11-12,17H,2,5-8,10H2,1H3,(H,18,19). The zero-order valence-corrected chi connectivity index (χ0v) is 12.4. The fourth-order valence-corrected chi connectivity index (χ4v) is 2.98. The number of aromatic nitrogens is 2. The number of H-pyrrole nitrogens is 1. The molecule has 1 saturated heterocycles. The van der Waals surface area contributed by atoms with Crippen LogP contribution in [-0.2, 0) is 0 Å². The van der Waals surface area contributed by atoms with Crippen LogP contribution < -0.4 is 5.32 Å². The van der Waals surface area contributed by atoms with Gasteiger partial charge in [-0.15, -0.1) is 0 Å². The van der Waals surface area contributed by atoms with Crippen LogP contribution in [0.25, 0.3) is 11.0 Å². The predicted molar refractivity (Wildman–Crippen MR) is 83.3 cm³/mol. The highest BCUT2D eigenvalue weighted by Crippen LogP contribution is 2.17. The topological polar surface area (TPSA) is 61.0 Å². The van der Waals surface area contributed by atoms with Crippen molar-refractivity contribution < 1.29 is 4.79 Å². The second-order valence-corrected chi connectivity index (χ2v) is 5.67. The molecule has 0 aliphatic carbocycles. The third-order valence-electron chi connectivity index (χ3n) is 4.27. The first-order valence-corrected chi connectivity index (χ1v) is 7.71. The molecule has 1 aromatic carbocycles. The Morgan fingerprint density at radius 2 is 2.19 bits per heavy atom. The van der Waals surface area contributed by atoms with Crippen LogP contribution in [0.2, 0.25) is 0 Å². The fourth-order valence-electron chi connectivity index (χ4n) is 2.98. The minimum Gasteiger partial charge on any atom is -0.345 e. The molecule has 1 amide bonds. The van der Waals surface area contributed by atoms with Crippen molar-refractivity contribution in [3.63, 3.8) is 0 Å². The van der Waals surface area contributed by atoms with Crippen molar-refractivity contribution in [1.82, 2.24) is 20.2 Å². The van der Waals surface area contributed by atoms with Crippen molar-refractivity contribution in [1.29, 1.82) is 0 Å². The van der Waals surface area contributed by atoms with E-state index >= 15 is 0 Å². The van der Waals surface area contributed by atoms with E-state index in [-0.39, 0.29) is 5.91 Å². The molecule has 0 radical (unpaired) electrons. The van der Waals surface area contributed by atoms with Gasteiger partial charge < -0.3 is 15.2 Å². The number of hydrogen-bond donors (Lipinski definition) is 2. The maximum absolute atomic E-state index is 12.7. The number of nitrogens with zero attached hydrogens (tertiary/aromatic N) is 2. The Morgan fingerprint density at radius 1 is 1.38 bits per heavy atom. The van der Waals surface area contributed by atoms with E-state index in [1.54, 1.807) is 6.33 Å². The molecule has 2 aromatic rings. The molecular weight excluding hydrogens is 264 g/mol. The van der Waals surface area contributed by atoms with Crippen molar-refractivity contribution in [2.45, 2.75) is 19.8 Å². The van der Waals surface area contributed by atoms with Crippen molar-refractivity contribution in [3.05, 3.63) is 30.1 Å². The number of nitrogens with one attached hydrogen (secondary N) is 2. The molecule has 3 rings (SSSR count). The molecule has 2 N–H and O–H groups in total. The van der Waals surface area contributed by atoms with E-state index in [0.717, 1.165) is 55.6 Å². The van der Waals surface area contributed by atoms with Gasteiger partial charge in [-0.1, -0.05) is 0 Å². The Morgan fingerprint density at radius 3 is 2.95 bits per heavy atom. The minimum atomic E-state index is 0.118. The Labute approximate surface area is 124 Å². The number of rotatable bonds is 4. The predicted octanol–water partition coefficient (Wildman–Crippen LogP) is 2.02. The normalized spacial score (nSPS) is 16.2. The van der Waals surface area contributed by atoms with E-state index in [0.29, 0.717) is 5.92 Å². The van der Waals surface area contributed by atoms with Crippen LogP contribution in [0, 0.1) is 5.92 Å². The number of amides is 1. The average Bonchev–Trinajstić information content (AvgIpc) is 3.00. The molecule has 5 nitrogen and oxygen atoms in total. The van der Waals surface area contributed by atoms with E-state index in [1.807, 2.05) is 30.0 Å². The van der Waals surface area contributed by atoms with E-state index in [2.05, 4.69) is 15.3 Å². The van der Waals surface area contributed by atoms with Gasteiger partial charge in [0.25, 0.3) is 5.91 Å². The van der Waals surface area contributed by atoms with Gasteiger partial charge in [0.05, 0.1) is 17.4 Å². The molecule has 5 heteroatoms. The first-order chi connectivity index (χ1) is 10.3. The average molecular weight is 286 g/mol. The molecule has 1 aliphatic rings. The number of hydrogen-bond acceptors (Lipinski definition) is 3. The summed E-state index contributed by atoms with van der Waals surface area (Å²) in [5, 5.41) is 3.37. The molecule has 21 heavy (non-hydrogen) atoms. The summed E-state index contributed by atoms with van der Waals surface area (Å²) in [6, 6.07) is 5.67. The molecular formula is C16H22N4O. The van der Waals surface area contributed by atoms with Crippen LogP contribution in [0.1, 0.15) is 30.1 Å². The summed E-state index contributed by atoms with van der Waals surface area (Å²) in [5.74, 6) is 0.735. The smallest absolute Gasteiger partial charge is 0.253 e. The Kier molecular flexibility index (Phi) is 4.20. The highest BCUT2D eigenvalue weighted by atomic mass is 16.2. The highest BCUT2D eigenvalue weighted by Gasteiger charge is 2.21. The molecule has 112 valence electrons. The van der Waals surface area contributed by atoms with Crippen LogP contribution in [0.3, 0.4) is 0 Å². The number of aromatic amines is 1. The van der Waals surface area contributed by atoms with Gasteiger partial charge in [-0.25, -0.2) is 4.98 Å². The van der Waals surface area contributed by atoms with Crippen LogP contribution >= 0.6 is 0 Å². The largest absolute Gasteiger partial charge is 0.345 e. The maximum Gasteiger partial charge on any atom is 0.253 e. The Balaban J connectivity index is 1.74. The third-order valence-corrected chi connectivity index (χ3v) is 4.27. The van der Waals surface area contributed by atoms with Gasteiger partial charge in [0.1, 0.15) is 0 Å². The van der Waals surface area contributed by atoms with Crippen molar-refractivity contribution in [2.24, 2.45) is 5.92 Å². The summed E-state index contributed by atoms with van der Waals surface area (Å²) in [6.45, 7) is 5.79. The number of carbonyl (C=O) groups is 1. The number of fused-ring (bicyclic) bond motifs is 1. The molecule has 2 heterocycles. The lowest BCUT2D eigenvalue weighted by Crippen LogP contribution is -2.39. The molecule has 0 unspecified atom stereocenters. The summed E-state index contributed by atoms with van der Waals surface area (Å²) in [4.78, 5) is 21.9. The van der Waals surface area contributed by atoms with Crippen LogP contribution in [0.4, 0.5) is 0 Å². The molecule has 1 aromatic heterocycles. The quantitative estimate of drug-likeness (QED) is 0.904. The summed E-state index contributed by atoms with van der Waals surface area (Å²) in [5.41, 5.74) is 2.55. The van der Waals surface area contributed by atoms with Crippen LogP contribution in [-0.4, -0.2) is 47.0 Å². The second-order valence-electron chi connectivity index (χ2n) is 5.67. The van der Waals surface area contributed by atoms with Gasteiger partial charge in [0.15, 0.2) is 0 Å². The van der Waals surface area contributed by atoms with E-state index in [1.165, 1.54) is 0 Å². The monoisotopic (exact) mass is 286 g/mol. The lowest BCUT2D eigenvalue weighted by molar-refractivity contribution is 0.0727. The summed E-state index contributed by atoms with van der Waals surface area (Å²) in [6.07, 6.45) is 3.97. The summed E-state index contributed by atoms with van der Waals surface area (Å²) >= 11 is 0. The minimum absolute atomic E-state index is 0.118. The number of piperidine rings is 1. The Bertz CT molecular complexity index is 616. The van der Waals surface area contributed by atoms with Crippen LogP contribution in [0.15, 0.2) is 24.5 Å². The fraction of sp³-hybridized carbons (Fsp3) is 0.500. The van der Waals surface area contributed by atoms with Gasteiger partial charge in [-0.2, -0.15) is 0 Å². The summed E-state index contributed by atoms with van der Waals surface area (Å²) in [7, 11) is 0. The van der Waals surface area contributed by atoms with Crippen molar-refractivity contribution >= 4 is 16.9 Å². The van der Waals surface area contributed by atoms with Gasteiger partial charge in [0.2, 0.25) is 0 Å².